The van der Waals surface area contributed by atoms with Crippen molar-refractivity contribution in [2.75, 3.05) is 7.11 Å². The van der Waals surface area contributed by atoms with Gasteiger partial charge in [-0.2, -0.15) is 0 Å². The van der Waals surface area contributed by atoms with Gasteiger partial charge >= 0.3 is 5.97 Å². The lowest BCUT2D eigenvalue weighted by Gasteiger charge is -2.39. The number of carbonyl (C=O) groups is 3. The zero-order chi connectivity index (χ0) is 29.8. The van der Waals surface area contributed by atoms with Crippen LogP contribution in [-0.4, -0.2) is 64.6 Å². The number of allylic oxidation sites excluding steroid dienone is 5. The molecule has 1 fully saturated rings. The number of ether oxygens (including phenoxy) is 2. The van der Waals surface area contributed by atoms with Crippen LogP contribution in [0.2, 0.25) is 0 Å². The van der Waals surface area contributed by atoms with E-state index >= 15 is 0 Å². The minimum Gasteiger partial charge on any atom is -0.481 e. The summed E-state index contributed by atoms with van der Waals surface area (Å²) in [6.07, 6.45) is 12.8. The second-order valence-corrected chi connectivity index (χ2v) is 11.1. The van der Waals surface area contributed by atoms with E-state index in [9.17, 15) is 24.6 Å². The van der Waals surface area contributed by atoms with E-state index in [2.05, 4.69) is 0 Å². The Hall–Kier alpha value is -2.39. The van der Waals surface area contributed by atoms with Gasteiger partial charge in [0.25, 0.3) is 0 Å². The average molecular weight is 549 g/mol. The minimum absolute atomic E-state index is 0.0315. The highest BCUT2D eigenvalue weighted by Crippen LogP contribution is 2.33. The van der Waals surface area contributed by atoms with Gasteiger partial charge in [0, 0.05) is 31.8 Å². The Morgan fingerprint density at radius 3 is 2.36 bits per heavy atom. The number of ketones is 1. The van der Waals surface area contributed by atoms with Crippen LogP contribution in [0.3, 0.4) is 0 Å². The van der Waals surface area contributed by atoms with E-state index in [4.69, 9.17) is 14.6 Å². The predicted octanol–water partition coefficient (Wildman–Crippen LogP) is 4.80. The SMILES string of the molecule is CO[C@@H](CC1CCC(C)C(O)(C=O)O1)/C(C)=C/C=C/C=C/[C@@H](C)C[C@@H](C)C(=O)C[C@H](O)/C(C)=C/[C@@H](C)C(=O)O. The lowest BCUT2D eigenvalue weighted by Crippen LogP contribution is -2.48. The van der Waals surface area contributed by atoms with E-state index < -0.39 is 23.8 Å². The molecule has 1 aliphatic rings. The molecular formula is C31H48O8. The summed E-state index contributed by atoms with van der Waals surface area (Å²) in [6, 6.07) is 0. The fourth-order valence-electron chi connectivity index (χ4n) is 4.63. The second-order valence-electron chi connectivity index (χ2n) is 11.1. The number of carbonyl (C=O) groups excluding carboxylic acids is 2. The van der Waals surface area contributed by atoms with Gasteiger partial charge in [0.15, 0.2) is 6.29 Å². The molecule has 1 rings (SSSR count). The first-order chi connectivity index (χ1) is 18.2. The van der Waals surface area contributed by atoms with E-state index in [-0.39, 0.29) is 42.2 Å². The van der Waals surface area contributed by atoms with Crippen molar-refractivity contribution >= 4 is 18.0 Å². The number of carboxylic acids is 1. The van der Waals surface area contributed by atoms with Crippen molar-refractivity contribution in [2.24, 2.45) is 23.7 Å². The van der Waals surface area contributed by atoms with Crippen molar-refractivity contribution in [1.82, 2.24) is 0 Å². The monoisotopic (exact) mass is 548 g/mol. The number of aliphatic carboxylic acids is 1. The maximum atomic E-state index is 12.6. The van der Waals surface area contributed by atoms with Crippen LogP contribution in [0, 0.1) is 23.7 Å². The van der Waals surface area contributed by atoms with Gasteiger partial charge in [0.1, 0.15) is 5.78 Å². The number of aliphatic hydroxyl groups excluding tert-OH is 1. The second kappa shape index (κ2) is 16.7. The molecule has 0 bridgehead atoms. The van der Waals surface area contributed by atoms with Crippen molar-refractivity contribution in [1.29, 1.82) is 0 Å². The third kappa shape index (κ3) is 11.7. The Labute approximate surface area is 233 Å². The van der Waals surface area contributed by atoms with Crippen molar-refractivity contribution in [3.05, 3.63) is 47.6 Å². The molecule has 0 amide bonds. The van der Waals surface area contributed by atoms with E-state index in [1.807, 2.05) is 51.2 Å². The topological polar surface area (TPSA) is 130 Å². The number of carboxylic acid groups (broad SMARTS) is 1. The Morgan fingerprint density at radius 1 is 1.10 bits per heavy atom. The predicted molar refractivity (Wildman–Crippen MR) is 151 cm³/mol. The third-order valence-corrected chi connectivity index (χ3v) is 7.54. The fourth-order valence-corrected chi connectivity index (χ4v) is 4.63. The third-order valence-electron chi connectivity index (χ3n) is 7.54. The van der Waals surface area contributed by atoms with Crippen LogP contribution in [0.25, 0.3) is 0 Å². The lowest BCUT2D eigenvalue weighted by atomic mass is 9.88. The molecule has 1 heterocycles. The molecule has 8 nitrogen and oxygen atoms in total. The van der Waals surface area contributed by atoms with E-state index in [0.717, 1.165) is 12.0 Å². The average Bonchev–Trinajstić information content (AvgIpc) is 2.88. The Balaban J connectivity index is 2.57. The zero-order valence-corrected chi connectivity index (χ0v) is 24.5. The van der Waals surface area contributed by atoms with Crippen molar-refractivity contribution in [3.8, 4) is 0 Å². The highest BCUT2D eigenvalue weighted by Gasteiger charge is 2.41. The molecule has 0 aromatic rings. The van der Waals surface area contributed by atoms with Gasteiger partial charge < -0.3 is 24.8 Å². The van der Waals surface area contributed by atoms with Crippen LogP contribution < -0.4 is 0 Å². The molecule has 1 saturated heterocycles. The van der Waals surface area contributed by atoms with E-state index in [1.165, 1.54) is 13.0 Å². The first-order valence-corrected chi connectivity index (χ1v) is 13.8. The summed E-state index contributed by atoms with van der Waals surface area (Å²) in [7, 11) is 1.63. The van der Waals surface area contributed by atoms with Gasteiger partial charge in [-0.15, -0.1) is 0 Å². The van der Waals surface area contributed by atoms with Gasteiger partial charge in [-0.1, -0.05) is 57.2 Å². The normalized spacial score (nSPS) is 26.8. The van der Waals surface area contributed by atoms with Gasteiger partial charge in [-0.05, 0) is 57.1 Å². The zero-order valence-electron chi connectivity index (χ0n) is 24.5. The summed E-state index contributed by atoms with van der Waals surface area (Å²) in [5.41, 5.74) is 1.48. The Kier molecular flexibility index (Phi) is 14.8. The molecule has 1 aliphatic heterocycles. The summed E-state index contributed by atoms with van der Waals surface area (Å²) < 4.78 is 11.3. The molecule has 0 saturated carbocycles. The summed E-state index contributed by atoms with van der Waals surface area (Å²) >= 11 is 0. The molecule has 0 aliphatic carbocycles. The van der Waals surface area contributed by atoms with Crippen LogP contribution in [0.1, 0.15) is 73.6 Å². The quantitative estimate of drug-likeness (QED) is 0.142. The summed E-state index contributed by atoms with van der Waals surface area (Å²) in [4.78, 5) is 34.9. The number of Topliss-reactive ketones (excluding diaryl/α,β-unsaturated/α-hetero) is 1. The van der Waals surface area contributed by atoms with Gasteiger partial charge in [0.2, 0.25) is 5.79 Å². The van der Waals surface area contributed by atoms with E-state index in [0.29, 0.717) is 31.1 Å². The summed E-state index contributed by atoms with van der Waals surface area (Å²) in [5, 5.41) is 29.7. The Morgan fingerprint density at radius 2 is 1.77 bits per heavy atom. The smallest absolute Gasteiger partial charge is 0.310 e. The fraction of sp³-hybridized carbons (Fsp3) is 0.645. The van der Waals surface area contributed by atoms with Crippen LogP contribution in [-0.2, 0) is 23.9 Å². The van der Waals surface area contributed by atoms with Crippen molar-refractivity contribution in [2.45, 2.75) is 97.7 Å². The van der Waals surface area contributed by atoms with Crippen molar-refractivity contribution < 1.29 is 39.2 Å². The summed E-state index contributed by atoms with van der Waals surface area (Å²) in [5.74, 6) is -3.82. The molecule has 0 radical (unpaired) electrons. The highest BCUT2D eigenvalue weighted by molar-refractivity contribution is 5.81. The van der Waals surface area contributed by atoms with Crippen LogP contribution in [0.5, 0.6) is 0 Å². The largest absolute Gasteiger partial charge is 0.481 e. The molecule has 220 valence electrons. The number of aliphatic hydroxyl groups is 2. The van der Waals surface area contributed by atoms with Gasteiger partial charge in [-0.25, -0.2) is 0 Å². The first-order valence-electron chi connectivity index (χ1n) is 13.8. The molecule has 8 atom stereocenters. The van der Waals surface area contributed by atoms with Crippen LogP contribution in [0.15, 0.2) is 47.6 Å². The van der Waals surface area contributed by atoms with Crippen LogP contribution in [0.4, 0.5) is 0 Å². The molecule has 3 unspecified atom stereocenters. The minimum atomic E-state index is -1.74. The molecule has 0 aromatic carbocycles. The maximum Gasteiger partial charge on any atom is 0.310 e. The molecular weight excluding hydrogens is 500 g/mol. The molecule has 0 spiro atoms. The molecule has 8 heteroatoms. The standard InChI is InChI=1S/C31H48O8/c1-20(15-22(3)27(33)18-28(34)23(4)16-24(5)30(35)36)11-9-8-10-12-21(2)29(38-7)17-26-14-13-25(6)31(37,19-32)39-26/h8-12,16,19-20,22,24-26,28-29,34,37H,13-15,17-18H2,1-7H3,(H,35,36)/b10-8+,11-9+,21-12+,23-16+/t20-,22-,24-,25?,26?,28+,29+,31?/m1/s1. The van der Waals surface area contributed by atoms with Gasteiger partial charge in [-0.3, -0.25) is 14.4 Å². The highest BCUT2D eigenvalue weighted by atomic mass is 16.6. The number of hydrogen-bond donors (Lipinski definition) is 3. The molecule has 3 N–H and O–H groups in total. The molecule has 39 heavy (non-hydrogen) atoms. The maximum absolute atomic E-state index is 12.6. The Bertz CT molecular complexity index is 933. The number of hydrogen-bond acceptors (Lipinski definition) is 7. The summed E-state index contributed by atoms with van der Waals surface area (Å²) in [6.45, 7) is 10.8. The number of methoxy groups -OCH3 is 1. The van der Waals surface area contributed by atoms with E-state index in [1.54, 1.807) is 21.0 Å². The number of rotatable bonds is 16. The van der Waals surface area contributed by atoms with Crippen molar-refractivity contribution in [3.63, 3.8) is 0 Å². The lowest BCUT2D eigenvalue weighted by molar-refractivity contribution is -0.258. The van der Waals surface area contributed by atoms with Gasteiger partial charge in [0.05, 0.1) is 24.2 Å². The van der Waals surface area contributed by atoms with Crippen LogP contribution >= 0.6 is 0 Å². The first kappa shape index (κ1) is 34.6. The number of aldehydes is 1. The molecule has 0 aromatic heterocycles.